The van der Waals surface area contributed by atoms with Crippen molar-refractivity contribution in [3.63, 3.8) is 0 Å². The van der Waals surface area contributed by atoms with Crippen LogP contribution in [0.25, 0.3) is 0 Å². The van der Waals surface area contributed by atoms with E-state index >= 15 is 0 Å². The van der Waals surface area contributed by atoms with E-state index < -0.39 is 11.9 Å². The van der Waals surface area contributed by atoms with Gasteiger partial charge in [-0.1, -0.05) is 19.1 Å². The van der Waals surface area contributed by atoms with Crippen LogP contribution < -0.4 is 4.90 Å². The van der Waals surface area contributed by atoms with Crippen molar-refractivity contribution in [2.75, 3.05) is 11.4 Å². The Morgan fingerprint density at radius 2 is 2.06 bits per heavy atom. The van der Waals surface area contributed by atoms with Crippen LogP contribution in [0.4, 0.5) is 5.69 Å². The van der Waals surface area contributed by atoms with E-state index in [0.29, 0.717) is 11.3 Å². The number of nitrogens with zero attached hydrogens (tertiary/aromatic N) is 2. The van der Waals surface area contributed by atoms with Gasteiger partial charge in [0.25, 0.3) is 0 Å². The predicted octanol–water partition coefficient (Wildman–Crippen LogP) is 1.63. The Morgan fingerprint density at radius 1 is 1.44 bits per heavy atom. The van der Waals surface area contributed by atoms with Crippen LogP contribution in [0.2, 0.25) is 0 Å². The number of benzene rings is 1. The highest BCUT2D eigenvalue weighted by Gasteiger charge is 2.21. The molecule has 94 valence electrons. The number of carboxylic acids is 1. The molecule has 1 N–H and O–H groups in total. The lowest BCUT2D eigenvalue weighted by molar-refractivity contribution is -0.140. The number of para-hydroxylation sites is 1. The molecule has 0 fully saturated rings. The van der Waals surface area contributed by atoms with E-state index in [1.165, 1.54) is 18.7 Å². The highest BCUT2D eigenvalue weighted by atomic mass is 16.4. The zero-order valence-corrected chi connectivity index (χ0v) is 10.3. The van der Waals surface area contributed by atoms with Gasteiger partial charge in [0.15, 0.2) is 0 Å². The summed E-state index contributed by atoms with van der Waals surface area (Å²) in [5.41, 5.74) is 0.797. The number of aliphatic carboxylic acids is 1. The van der Waals surface area contributed by atoms with Crippen molar-refractivity contribution in [3.05, 3.63) is 29.8 Å². The van der Waals surface area contributed by atoms with Crippen LogP contribution in [0.1, 0.15) is 19.4 Å². The highest BCUT2D eigenvalue weighted by Crippen LogP contribution is 2.21. The molecule has 0 heterocycles. The number of hydrogen-bond acceptors (Lipinski definition) is 3. The molecule has 0 bridgehead atoms. The first kappa shape index (κ1) is 13.7. The molecule has 1 amide bonds. The largest absolute Gasteiger partial charge is 0.481 e. The number of hydrogen-bond donors (Lipinski definition) is 1. The minimum Gasteiger partial charge on any atom is -0.481 e. The van der Waals surface area contributed by atoms with Crippen LogP contribution >= 0.6 is 0 Å². The Morgan fingerprint density at radius 3 is 2.56 bits per heavy atom. The summed E-state index contributed by atoms with van der Waals surface area (Å²) >= 11 is 0. The summed E-state index contributed by atoms with van der Waals surface area (Å²) in [6.45, 7) is 2.92. The molecule has 0 aliphatic heterocycles. The molecular weight excluding hydrogens is 232 g/mol. The Kier molecular flexibility index (Phi) is 4.44. The van der Waals surface area contributed by atoms with E-state index in [1.807, 2.05) is 6.07 Å². The lowest BCUT2D eigenvalue weighted by Crippen LogP contribution is -2.35. The van der Waals surface area contributed by atoms with Gasteiger partial charge in [-0.2, -0.15) is 5.26 Å². The third-order valence-corrected chi connectivity index (χ3v) is 2.57. The van der Waals surface area contributed by atoms with Crippen LogP contribution in [0.5, 0.6) is 0 Å². The molecule has 5 heteroatoms. The van der Waals surface area contributed by atoms with Gasteiger partial charge in [0.05, 0.1) is 17.2 Å². The zero-order chi connectivity index (χ0) is 13.7. The Labute approximate surface area is 105 Å². The maximum atomic E-state index is 11.6. The smallest absolute Gasteiger partial charge is 0.308 e. The summed E-state index contributed by atoms with van der Waals surface area (Å²) in [7, 11) is 0. The molecule has 0 radical (unpaired) electrons. The fraction of sp³-hybridized carbons (Fsp3) is 0.308. The molecule has 0 aliphatic carbocycles. The van der Waals surface area contributed by atoms with E-state index in [0.717, 1.165) is 0 Å². The van der Waals surface area contributed by atoms with Gasteiger partial charge in [-0.25, -0.2) is 0 Å². The number of amides is 1. The minimum absolute atomic E-state index is 0.0450. The maximum absolute atomic E-state index is 11.6. The number of anilines is 1. The van der Waals surface area contributed by atoms with Crippen molar-refractivity contribution in [3.8, 4) is 6.07 Å². The van der Waals surface area contributed by atoms with Gasteiger partial charge in [-0.05, 0) is 12.1 Å². The average molecular weight is 246 g/mol. The molecule has 1 rings (SSSR count). The molecule has 18 heavy (non-hydrogen) atoms. The summed E-state index contributed by atoms with van der Waals surface area (Å²) in [4.78, 5) is 23.8. The maximum Gasteiger partial charge on any atom is 0.308 e. The van der Waals surface area contributed by atoms with Gasteiger partial charge in [-0.3, -0.25) is 9.59 Å². The quantitative estimate of drug-likeness (QED) is 0.875. The minimum atomic E-state index is -0.976. The summed E-state index contributed by atoms with van der Waals surface area (Å²) in [5.74, 6) is -1.96. The average Bonchev–Trinajstić information content (AvgIpc) is 2.35. The van der Waals surface area contributed by atoms with Gasteiger partial charge in [0.2, 0.25) is 5.91 Å². The molecule has 5 nitrogen and oxygen atoms in total. The molecule has 1 aromatic carbocycles. The van der Waals surface area contributed by atoms with Crippen molar-refractivity contribution in [1.29, 1.82) is 5.26 Å². The first-order valence-electron chi connectivity index (χ1n) is 5.47. The first-order chi connectivity index (χ1) is 8.47. The third kappa shape index (κ3) is 3.08. The van der Waals surface area contributed by atoms with Crippen LogP contribution in [0, 0.1) is 17.2 Å². The van der Waals surface area contributed by atoms with Crippen molar-refractivity contribution in [2.45, 2.75) is 13.8 Å². The fourth-order valence-corrected chi connectivity index (χ4v) is 1.55. The SMILES string of the molecule is CC(=O)N(CC(C)C(=O)O)c1ccccc1C#N. The lowest BCUT2D eigenvalue weighted by Gasteiger charge is -2.24. The number of carbonyl (C=O) groups is 2. The Hall–Kier alpha value is -2.35. The van der Waals surface area contributed by atoms with Crippen molar-refractivity contribution in [1.82, 2.24) is 0 Å². The van der Waals surface area contributed by atoms with Crippen molar-refractivity contribution >= 4 is 17.6 Å². The second-order valence-corrected chi connectivity index (χ2v) is 4.00. The van der Waals surface area contributed by atoms with Crippen LogP contribution in [-0.2, 0) is 9.59 Å². The molecule has 0 aromatic heterocycles. The van der Waals surface area contributed by atoms with Gasteiger partial charge in [0.1, 0.15) is 6.07 Å². The molecular formula is C13H14N2O3. The second-order valence-electron chi connectivity index (χ2n) is 4.00. The van der Waals surface area contributed by atoms with Crippen LogP contribution in [0.3, 0.4) is 0 Å². The van der Waals surface area contributed by atoms with Gasteiger partial charge < -0.3 is 10.0 Å². The van der Waals surface area contributed by atoms with E-state index in [4.69, 9.17) is 10.4 Å². The fourth-order valence-electron chi connectivity index (χ4n) is 1.55. The molecule has 0 saturated heterocycles. The number of carboxylic acid groups (broad SMARTS) is 1. The van der Waals surface area contributed by atoms with E-state index in [-0.39, 0.29) is 12.5 Å². The third-order valence-electron chi connectivity index (χ3n) is 2.57. The molecule has 1 aromatic rings. The van der Waals surface area contributed by atoms with Crippen molar-refractivity contribution < 1.29 is 14.7 Å². The standard InChI is InChI=1S/C13H14N2O3/c1-9(13(17)18)8-15(10(2)16)12-6-4-3-5-11(12)7-14/h3-6,9H,8H2,1-2H3,(H,17,18). The van der Waals surface area contributed by atoms with E-state index in [1.54, 1.807) is 24.3 Å². The zero-order valence-electron chi connectivity index (χ0n) is 10.3. The van der Waals surface area contributed by atoms with Gasteiger partial charge in [-0.15, -0.1) is 0 Å². The number of carbonyl (C=O) groups excluding carboxylic acids is 1. The Bertz CT molecular complexity index is 505. The molecule has 1 unspecified atom stereocenters. The summed E-state index contributed by atoms with van der Waals surface area (Å²) in [6, 6.07) is 8.62. The Balaban J connectivity index is 3.10. The summed E-state index contributed by atoms with van der Waals surface area (Å²) in [5, 5.41) is 17.9. The highest BCUT2D eigenvalue weighted by molar-refractivity contribution is 5.93. The van der Waals surface area contributed by atoms with Crippen LogP contribution in [-0.4, -0.2) is 23.5 Å². The van der Waals surface area contributed by atoms with E-state index in [2.05, 4.69) is 0 Å². The predicted molar refractivity (Wildman–Crippen MR) is 66.0 cm³/mol. The first-order valence-corrected chi connectivity index (χ1v) is 5.47. The van der Waals surface area contributed by atoms with E-state index in [9.17, 15) is 9.59 Å². The topological polar surface area (TPSA) is 81.4 Å². The van der Waals surface area contributed by atoms with Crippen LogP contribution in [0.15, 0.2) is 24.3 Å². The lowest BCUT2D eigenvalue weighted by atomic mass is 10.1. The molecule has 0 saturated carbocycles. The van der Waals surface area contributed by atoms with Gasteiger partial charge in [0, 0.05) is 13.5 Å². The molecule has 0 aliphatic rings. The normalized spacial score (nSPS) is 11.4. The number of rotatable bonds is 4. The summed E-state index contributed by atoms with van der Waals surface area (Å²) < 4.78 is 0. The number of nitriles is 1. The monoisotopic (exact) mass is 246 g/mol. The second kappa shape index (κ2) is 5.82. The summed E-state index contributed by atoms with van der Waals surface area (Å²) in [6.07, 6.45) is 0. The molecule has 0 spiro atoms. The molecule has 1 atom stereocenters. The van der Waals surface area contributed by atoms with Gasteiger partial charge >= 0.3 is 5.97 Å². The van der Waals surface area contributed by atoms with Crippen molar-refractivity contribution in [2.24, 2.45) is 5.92 Å².